The molecule has 0 bridgehead atoms. The summed E-state index contributed by atoms with van der Waals surface area (Å²) in [5.41, 5.74) is 1.82. The van der Waals surface area contributed by atoms with Crippen molar-refractivity contribution in [3.63, 3.8) is 0 Å². The molecule has 1 atom stereocenters. The van der Waals surface area contributed by atoms with E-state index in [0.717, 1.165) is 14.9 Å². The van der Waals surface area contributed by atoms with E-state index in [4.69, 9.17) is 4.74 Å². The Labute approximate surface area is 220 Å². The SMILES string of the molecule is CCOC(=O)C1=C(C)N=c2s/c(=C\c3cc(Br)cc(Br)c3O)c(=O)n2[C@@H]1c1ccc(SC)cc1. The number of allylic oxidation sites excluding steroid dienone is 1. The van der Waals surface area contributed by atoms with E-state index in [0.29, 0.717) is 30.6 Å². The van der Waals surface area contributed by atoms with Crippen molar-refractivity contribution in [3.05, 3.63) is 87.4 Å². The van der Waals surface area contributed by atoms with Crippen LogP contribution in [0.2, 0.25) is 0 Å². The molecule has 1 aromatic heterocycles. The van der Waals surface area contributed by atoms with E-state index in [-0.39, 0.29) is 17.9 Å². The Morgan fingerprint density at radius 1 is 1.29 bits per heavy atom. The number of phenols is 1. The Hall–Kier alpha value is -2.14. The molecule has 34 heavy (non-hydrogen) atoms. The quantitative estimate of drug-likeness (QED) is 0.328. The minimum Gasteiger partial charge on any atom is -0.506 e. The Kier molecular flexibility index (Phi) is 7.51. The zero-order valence-corrected chi connectivity index (χ0v) is 23.3. The maximum absolute atomic E-state index is 13.6. The van der Waals surface area contributed by atoms with Crippen LogP contribution in [0.4, 0.5) is 0 Å². The molecule has 2 heterocycles. The van der Waals surface area contributed by atoms with E-state index >= 15 is 0 Å². The number of esters is 1. The summed E-state index contributed by atoms with van der Waals surface area (Å²) >= 11 is 9.56. The summed E-state index contributed by atoms with van der Waals surface area (Å²) in [6.45, 7) is 3.72. The van der Waals surface area contributed by atoms with Crippen LogP contribution >= 0.6 is 55.0 Å². The molecular formula is C24H20Br2N2O4S2. The number of thioether (sulfide) groups is 1. The molecule has 0 saturated heterocycles. The standard InChI is InChI=1S/C24H20Br2N2O4S2/c1-4-32-23(31)19-12(2)27-24-28(20(19)13-5-7-16(33-3)8-6-13)22(30)18(34-24)10-14-9-15(25)11-17(26)21(14)29/h5-11,20,29H,4H2,1-3H3/b18-10-/t20-/m1/s1. The van der Waals surface area contributed by atoms with Crippen molar-refractivity contribution in [2.75, 3.05) is 12.9 Å². The maximum Gasteiger partial charge on any atom is 0.338 e. The molecule has 0 aliphatic carbocycles. The average Bonchev–Trinajstić information content (AvgIpc) is 3.10. The first-order valence-corrected chi connectivity index (χ1v) is 13.9. The zero-order valence-electron chi connectivity index (χ0n) is 18.5. The zero-order chi connectivity index (χ0) is 24.6. The minimum atomic E-state index is -0.670. The number of nitrogens with zero attached hydrogens (tertiary/aromatic N) is 2. The lowest BCUT2D eigenvalue weighted by Gasteiger charge is -2.24. The molecule has 3 aromatic rings. The second-order valence-electron chi connectivity index (χ2n) is 7.40. The number of benzene rings is 2. The second kappa shape index (κ2) is 10.2. The van der Waals surface area contributed by atoms with E-state index in [1.165, 1.54) is 15.9 Å². The van der Waals surface area contributed by atoms with Gasteiger partial charge in [-0.05, 0) is 71.9 Å². The lowest BCUT2D eigenvalue weighted by molar-refractivity contribution is -0.139. The van der Waals surface area contributed by atoms with Gasteiger partial charge in [-0.1, -0.05) is 39.4 Å². The minimum absolute atomic E-state index is 0.0293. The summed E-state index contributed by atoms with van der Waals surface area (Å²) in [5.74, 6) is -0.466. The Morgan fingerprint density at radius 2 is 2.00 bits per heavy atom. The number of hydrogen-bond acceptors (Lipinski definition) is 7. The molecule has 1 N–H and O–H groups in total. The normalized spacial score (nSPS) is 15.8. The van der Waals surface area contributed by atoms with E-state index < -0.39 is 12.0 Å². The van der Waals surface area contributed by atoms with Gasteiger partial charge in [0.05, 0.1) is 32.9 Å². The highest BCUT2D eigenvalue weighted by Gasteiger charge is 2.33. The third kappa shape index (κ3) is 4.68. The van der Waals surface area contributed by atoms with E-state index in [9.17, 15) is 14.7 Å². The molecule has 2 aromatic carbocycles. The van der Waals surface area contributed by atoms with Gasteiger partial charge in [-0.25, -0.2) is 9.79 Å². The number of carbonyl (C=O) groups is 1. The molecule has 10 heteroatoms. The number of carbonyl (C=O) groups excluding carboxylic acids is 1. The second-order valence-corrected chi connectivity index (χ2v) is 11.1. The van der Waals surface area contributed by atoms with Crippen LogP contribution in [0.3, 0.4) is 0 Å². The van der Waals surface area contributed by atoms with Gasteiger partial charge in [0.2, 0.25) is 0 Å². The van der Waals surface area contributed by atoms with Crippen LogP contribution in [0.1, 0.15) is 31.0 Å². The van der Waals surface area contributed by atoms with Gasteiger partial charge in [-0.3, -0.25) is 9.36 Å². The van der Waals surface area contributed by atoms with Crippen LogP contribution in [0.15, 0.2) is 71.3 Å². The number of ether oxygens (including phenoxy) is 1. The van der Waals surface area contributed by atoms with Gasteiger partial charge in [-0.2, -0.15) is 0 Å². The number of hydrogen-bond donors (Lipinski definition) is 1. The summed E-state index contributed by atoms with van der Waals surface area (Å²) in [4.78, 5) is 32.7. The smallest absolute Gasteiger partial charge is 0.338 e. The van der Waals surface area contributed by atoms with Crippen molar-refractivity contribution >= 4 is 67.0 Å². The first-order chi connectivity index (χ1) is 16.2. The number of phenolic OH excluding ortho intramolecular Hbond substituents is 1. The van der Waals surface area contributed by atoms with Gasteiger partial charge in [0.15, 0.2) is 4.80 Å². The molecule has 0 spiro atoms. The number of aromatic nitrogens is 1. The molecule has 1 aliphatic rings. The van der Waals surface area contributed by atoms with Gasteiger partial charge >= 0.3 is 5.97 Å². The number of rotatable bonds is 5. The van der Waals surface area contributed by atoms with Gasteiger partial charge in [0, 0.05) is 14.9 Å². The van der Waals surface area contributed by atoms with Crippen molar-refractivity contribution in [1.29, 1.82) is 0 Å². The number of fused-ring (bicyclic) bond motifs is 1. The first-order valence-electron chi connectivity index (χ1n) is 10.3. The molecule has 0 amide bonds. The van der Waals surface area contributed by atoms with Crippen LogP contribution < -0.4 is 14.9 Å². The topological polar surface area (TPSA) is 80.9 Å². The van der Waals surface area contributed by atoms with Crippen LogP contribution in [0.25, 0.3) is 6.08 Å². The monoisotopic (exact) mass is 622 g/mol. The first kappa shape index (κ1) is 25.0. The molecule has 176 valence electrons. The molecular weight excluding hydrogens is 604 g/mol. The molecule has 0 saturated carbocycles. The highest BCUT2D eigenvalue weighted by molar-refractivity contribution is 9.11. The summed E-state index contributed by atoms with van der Waals surface area (Å²) in [6.07, 6.45) is 3.62. The molecule has 4 rings (SSSR count). The summed E-state index contributed by atoms with van der Waals surface area (Å²) in [5, 5.41) is 10.5. The molecule has 0 radical (unpaired) electrons. The predicted molar refractivity (Wildman–Crippen MR) is 142 cm³/mol. The fourth-order valence-corrected chi connectivity index (χ4v) is 6.43. The summed E-state index contributed by atoms with van der Waals surface area (Å²) < 4.78 is 8.51. The lowest BCUT2D eigenvalue weighted by atomic mass is 9.96. The van der Waals surface area contributed by atoms with Crippen LogP contribution in [-0.4, -0.2) is 28.5 Å². The molecule has 0 unspecified atom stereocenters. The molecule has 6 nitrogen and oxygen atoms in total. The molecule has 1 aliphatic heterocycles. The van der Waals surface area contributed by atoms with Crippen molar-refractivity contribution in [3.8, 4) is 5.75 Å². The molecule has 0 fully saturated rings. The highest BCUT2D eigenvalue weighted by Crippen LogP contribution is 2.33. The van der Waals surface area contributed by atoms with E-state index in [2.05, 4.69) is 36.9 Å². The van der Waals surface area contributed by atoms with Crippen molar-refractivity contribution < 1.29 is 14.6 Å². The van der Waals surface area contributed by atoms with Gasteiger partial charge in [0.25, 0.3) is 5.56 Å². The fraction of sp³-hybridized carbons (Fsp3) is 0.208. The van der Waals surface area contributed by atoms with E-state index in [1.807, 2.05) is 30.5 Å². The summed E-state index contributed by atoms with van der Waals surface area (Å²) in [6, 6.07) is 10.5. The Morgan fingerprint density at radius 3 is 2.65 bits per heavy atom. The largest absolute Gasteiger partial charge is 0.506 e. The average molecular weight is 624 g/mol. The summed E-state index contributed by atoms with van der Waals surface area (Å²) in [7, 11) is 0. The Bertz CT molecular complexity index is 1490. The van der Waals surface area contributed by atoms with Gasteiger partial charge in [0.1, 0.15) is 5.75 Å². The Balaban J connectivity index is 1.97. The van der Waals surface area contributed by atoms with Gasteiger partial charge < -0.3 is 9.84 Å². The van der Waals surface area contributed by atoms with Crippen molar-refractivity contribution in [1.82, 2.24) is 4.57 Å². The lowest BCUT2D eigenvalue weighted by Crippen LogP contribution is -2.39. The maximum atomic E-state index is 13.6. The fourth-order valence-electron chi connectivity index (χ4n) is 3.73. The van der Waals surface area contributed by atoms with E-state index in [1.54, 1.807) is 43.8 Å². The third-order valence-corrected chi connectivity index (χ3v) is 8.08. The highest BCUT2D eigenvalue weighted by atomic mass is 79.9. The number of thiazole rings is 1. The van der Waals surface area contributed by atoms with Crippen LogP contribution in [0.5, 0.6) is 5.75 Å². The third-order valence-electron chi connectivity index (χ3n) is 5.29. The van der Waals surface area contributed by atoms with Crippen LogP contribution in [0, 0.1) is 0 Å². The van der Waals surface area contributed by atoms with Crippen molar-refractivity contribution in [2.45, 2.75) is 24.8 Å². The predicted octanol–water partition coefficient (Wildman–Crippen LogP) is 4.75. The van der Waals surface area contributed by atoms with Gasteiger partial charge in [-0.15, -0.1) is 11.8 Å². The van der Waals surface area contributed by atoms with Crippen molar-refractivity contribution in [2.24, 2.45) is 4.99 Å². The number of halogens is 2. The van der Waals surface area contributed by atoms with Crippen LogP contribution in [-0.2, 0) is 9.53 Å². The number of aromatic hydroxyl groups is 1.